The van der Waals surface area contributed by atoms with Crippen molar-refractivity contribution < 1.29 is 9.53 Å². The van der Waals surface area contributed by atoms with Gasteiger partial charge < -0.3 is 9.64 Å². The van der Waals surface area contributed by atoms with Gasteiger partial charge in [0.2, 0.25) is 5.91 Å². The first-order valence-electron chi connectivity index (χ1n) is 7.21. The highest BCUT2D eigenvalue weighted by atomic mass is 32.2. The molecule has 2 rings (SSSR count). The second-order valence-electron chi connectivity index (χ2n) is 5.20. The average Bonchev–Trinajstić information content (AvgIpc) is 2.53. The number of ether oxygens (including phenoxy) is 1. The summed E-state index contributed by atoms with van der Waals surface area (Å²) in [6.45, 7) is 0.258. The van der Waals surface area contributed by atoms with Gasteiger partial charge in [0.05, 0.1) is 0 Å². The van der Waals surface area contributed by atoms with Crippen molar-refractivity contribution >= 4 is 23.4 Å². The van der Waals surface area contributed by atoms with Gasteiger partial charge in [0.15, 0.2) is 0 Å². The van der Waals surface area contributed by atoms with Crippen LogP contribution in [0.15, 0.2) is 24.3 Å². The third kappa shape index (κ3) is 4.71. The maximum Gasteiger partial charge on any atom is 0.226 e. The third-order valence-electron chi connectivity index (χ3n) is 3.72. The molecular formula is C17H21NO2S. The van der Waals surface area contributed by atoms with Crippen molar-refractivity contribution in [2.24, 2.45) is 5.92 Å². The van der Waals surface area contributed by atoms with Gasteiger partial charge in [0.1, 0.15) is 12.4 Å². The lowest BCUT2D eigenvalue weighted by Gasteiger charge is -2.24. The topological polar surface area (TPSA) is 29.5 Å². The molecule has 0 bridgehead atoms. The van der Waals surface area contributed by atoms with E-state index in [0.717, 1.165) is 24.3 Å². The molecule has 0 N–H and O–H groups in total. The maximum absolute atomic E-state index is 12.3. The number of anilines is 1. The normalized spacial score (nSPS) is 15.2. The van der Waals surface area contributed by atoms with Crippen molar-refractivity contribution in [1.29, 1.82) is 0 Å². The largest absolute Gasteiger partial charge is 0.481 e. The minimum atomic E-state index is 0.184. The zero-order valence-electron chi connectivity index (χ0n) is 12.4. The number of amides is 1. The Morgan fingerprint density at radius 2 is 2.05 bits per heavy atom. The zero-order valence-corrected chi connectivity index (χ0v) is 13.2. The molecule has 0 saturated carbocycles. The second-order valence-corrected chi connectivity index (χ2v) is 6.42. The molecule has 1 fully saturated rings. The van der Waals surface area contributed by atoms with E-state index in [9.17, 15) is 4.79 Å². The summed E-state index contributed by atoms with van der Waals surface area (Å²) in [5.74, 6) is 6.25. The Labute approximate surface area is 131 Å². The standard InChI is InChI=1S/C17H21NO2S/c1-3-10-20-16-6-4-15(5-7-16)18(2)17(19)13-14-8-11-21-12-9-14/h1,4-7,14H,8-13H2,2H3. The number of carbonyl (C=O) groups excluding carboxylic acids is 1. The van der Waals surface area contributed by atoms with Gasteiger partial charge in [-0.05, 0) is 54.5 Å². The lowest BCUT2D eigenvalue weighted by molar-refractivity contribution is -0.119. The minimum Gasteiger partial charge on any atom is -0.481 e. The van der Waals surface area contributed by atoms with Crippen molar-refractivity contribution in [3.63, 3.8) is 0 Å². The molecule has 0 unspecified atom stereocenters. The summed E-state index contributed by atoms with van der Waals surface area (Å²) in [7, 11) is 1.83. The van der Waals surface area contributed by atoms with Crippen molar-refractivity contribution in [1.82, 2.24) is 0 Å². The summed E-state index contributed by atoms with van der Waals surface area (Å²) in [6, 6.07) is 7.46. The lowest BCUT2D eigenvalue weighted by atomic mass is 9.98. The van der Waals surface area contributed by atoms with E-state index in [-0.39, 0.29) is 12.5 Å². The maximum atomic E-state index is 12.3. The van der Waals surface area contributed by atoms with Crippen molar-refractivity contribution in [3.05, 3.63) is 24.3 Å². The zero-order chi connectivity index (χ0) is 15.1. The molecular weight excluding hydrogens is 282 g/mol. The van der Waals surface area contributed by atoms with Crippen LogP contribution in [0.5, 0.6) is 5.75 Å². The summed E-state index contributed by atoms with van der Waals surface area (Å²) in [5, 5.41) is 0. The molecule has 1 amide bonds. The number of carbonyl (C=O) groups is 1. The smallest absolute Gasteiger partial charge is 0.226 e. The van der Waals surface area contributed by atoms with E-state index in [4.69, 9.17) is 11.2 Å². The van der Waals surface area contributed by atoms with Gasteiger partial charge in [-0.15, -0.1) is 6.42 Å². The van der Waals surface area contributed by atoms with E-state index < -0.39 is 0 Å². The molecule has 1 heterocycles. The van der Waals surface area contributed by atoms with Crippen LogP contribution in [-0.2, 0) is 4.79 Å². The number of benzene rings is 1. The Bertz CT molecular complexity index is 501. The van der Waals surface area contributed by atoms with Crippen LogP contribution in [0.4, 0.5) is 5.69 Å². The van der Waals surface area contributed by atoms with Crippen molar-refractivity contribution in [2.45, 2.75) is 19.3 Å². The van der Waals surface area contributed by atoms with Gasteiger partial charge >= 0.3 is 0 Å². The highest BCUT2D eigenvalue weighted by Crippen LogP contribution is 2.27. The Morgan fingerprint density at radius 3 is 2.67 bits per heavy atom. The van der Waals surface area contributed by atoms with Gasteiger partial charge in [-0.3, -0.25) is 4.79 Å². The molecule has 0 aliphatic carbocycles. The Morgan fingerprint density at radius 1 is 1.38 bits per heavy atom. The molecule has 3 nitrogen and oxygen atoms in total. The second kappa shape index (κ2) is 7.99. The number of hydrogen-bond acceptors (Lipinski definition) is 3. The minimum absolute atomic E-state index is 0.184. The highest BCUT2D eigenvalue weighted by molar-refractivity contribution is 7.99. The van der Waals surface area contributed by atoms with E-state index in [1.807, 2.05) is 43.1 Å². The highest BCUT2D eigenvalue weighted by Gasteiger charge is 2.20. The van der Waals surface area contributed by atoms with Crippen LogP contribution in [0, 0.1) is 18.3 Å². The average molecular weight is 303 g/mol. The lowest BCUT2D eigenvalue weighted by Crippen LogP contribution is -2.29. The van der Waals surface area contributed by atoms with Gasteiger partial charge in [0.25, 0.3) is 0 Å². The van der Waals surface area contributed by atoms with Gasteiger partial charge in [0, 0.05) is 19.2 Å². The van der Waals surface area contributed by atoms with Crippen LogP contribution in [0.2, 0.25) is 0 Å². The number of thioether (sulfide) groups is 1. The van der Waals surface area contributed by atoms with Gasteiger partial charge in [-0.2, -0.15) is 11.8 Å². The van der Waals surface area contributed by atoms with Gasteiger partial charge in [-0.25, -0.2) is 0 Å². The Kier molecular flexibility index (Phi) is 6.01. The fourth-order valence-electron chi connectivity index (χ4n) is 2.37. The Hall–Kier alpha value is -1.60. The number of rotatable bonds is 5. The molecule has 112 valence electrons. The molecule has 1 aromatic carbocycles. The van der Waals surface area contributed by atoms with E-state index in [2.05, 4.69) is 5.92 Å². The first-order valence-corrected chi connectivity index (χ1v) is 8.37. The number of terminal acetylenes is 1. The molecule has 1 aliphatic heterocycles. The van der Waals surface area contributed by atoms with Crippen LogP contribution < -0.4 is 9.64 Å². The summed E-state index contributed by atoms with van der Waals surface area (Å²) in [6.07, 6.45) is 8.11. The molecule has 0 aromatic heterocycles. The van der Waals surface area contributed by atoms with Gasteiger partial charge in [-0.1, -0.05) is 5.92 Å². The molecule has 0 spiro atoms. The van der Waals surface area contributed by atoms with E-state index in [1.165, 1.54) is 11.5 Å². The fourth-order valence-corrected chi connectivity index (χ4v) is 3.57. The van der Waals surface area contributed by atoms with E-state index >= 15 is 0 Å². The number of hydrogen-bond donors (Lipinski definition) is 0. The monoisotopic (exact) mass is 303 g/mol. The summed E-state index contributed by atoms with van der Waals surface area (Å²) < 4.78 is 5.33. The van der Waals surface area contributed by atoms with E-state index in [0.29, 0.717) is 12.3 Å². The van der Waals surface area contributed by atoms with Crippen LogP contribution in [0.3, 0.4) is 0 Å². The fraction of sp³-hybridized carbons (Fsp3) is 0.471. The molecule has 1 aliphatic rings. The predicted octanol–water partition coefficient (Wildman–Crippen LogP) is 3.19. The van der Waals surface area contributed by atoms with E-state index in [1.54, 1.807) is 4.90 Å². The predicted molar refractivity (Wildman–Crippen MR) is 88.8 cm³/mol. The molecule has 0 radical (unpaired) electrons. The first-order chi connectivity index (χ1) is 10.2. The SMILES string of the molecule is C#CCOc1ccc(N(C)C(=O)CC2CCSCC2)cc1. The molecule has 1 aromatic rings. The van der Waals surface area contributed by atoms with Crippen LogP contribution in [-0.4, -0.2) is 31.1 Å². The third-order valence-corrected chi connectivity index (χ3v) is 4.77. The van der Waals surface area contributed by atoms with Crippen molar-refractivity contribution in [3.8, 4) is 18.1 Å². The first kappa shape index (κ1) is 15.8. The van der Waals surface area contributed by atoms with Crippen LogP contribution in [0.25, 0.3) is 0 Å². The molecule has 0 atom stereocenters. The van der Waals surface area contributed by atoms with Crippen LogP contribution in [0.1, 0.15) is 19.3 Å². The summed E-state index contributed by atoms with van der Waals surface area (Å²) >= 11 is 1.99. The van der Waals surface area contributed by atoms with Crippen LogP contribution >= 0.6 is 11.8 Å². The molecule has 21 heavy (non-hydrogen) atoms. The summed E-state index contributed by atoms with van der Waals surface area (Å²) in [4.78, 5) is 14.1. The number of nitrogens with zero attached hydrogens (tertiary/aromatic N) is 1. The molecule has 1 saturated heterocycles. The molecule has 4 heteroatoms. The summed E-state index contributed by atoms with van der Waals surface area (Å²) in [5.41, 5.74) is 0.887. The van der Waals surface area contributed by atoms with Crippen molar-refractivity contribution in [2.75, 3.05) is 30.1 Å². The quantitative estimate of drug-likeness (QED) is 0.782. The Balaban J connectivity index is 1.90.